The van der Waals surface area contributed by atoms with E-state index in [0.29, 0.717) is 23.5 Å². The van der Waals surface area contributed by atoms with Crippen molar-refractivity contribution < 1.29 is 4.42 Å². The fourth-order valence-electron chi connectivity index (χ4n) is 2.81. The molecule has 0 aliphatic carbocycles. The summed E-state index contributed by atoms with van der Waals surface area (Å²) in [4.78, 5) is 21.8. The molecule has 0 amide bonds. The van der Waals surface area contributed by atoms with Crippen LogP contribution in [0.5, 0.6) is 0 Å². The average Bonchev–Trinajstić information content (AvgIpc) is 3.45. The Morgan fingerprint density at radius 1 is 0.793 bits per heavy atom. The Balaban J connectivity index is 1.70. The lowest BCUT2D eigenvalue weighted by molar-refractivity contribution is 0.578. The zero-order chi connectivity index (χ0) is 19.5. The zero-order valence-corrected chi connectivity index (χ0v) is 15.7. The number of hydrogen-bond acceptors (Lipinski definition) is 10. The minimum Gasteiger partial charge on any atom is -0.432 e. The predicted octanol–water partition coefficient (Wildman–Crippen LogP) is 4.70. The van der Waals surface area contributed by atoms with E-state index in [-0.39, 0.29) is 0 Å². The van der Waals surface area contributed by atoms with E-state index in [2.05, 4.69) is 35.9 Å². The van der Waals surface area contributed by atoms with Gasteiger partial charge in [0.1, 0.15) is 12.0 Å². The number of para-hydroxylation sites is 1. The molecule has 9 nitrogen and oxygen atoms in total. The maximum atomic E-state index is 5.41. The number of pyridine rings is 1. The van der Waals surface area contributed by atoms with Gasteiger partial charge in [0.2, 0.25) is 5.95 Å². The van der Waals surface area contributed by atoms with Gasteiger partial charge in [-0.3, -0.25) is 0 Å². The third-order valence-electron chi connectivity index (χ3n) is 4.02. The summed E-state index contributed by atoms with van der Waals surface area (Å²) < 4.78 is 5.41. The van der Waals surface area contributed by atoms with Crippen LogP contribution in [0, 0.1) is 0 Å². The van der Waals surface area contributed by atoms with Crippen LogP contribution in [0.15, 0.2) is 71.2 Å². The Bertz CT molecular complexity index is 1230. The molecule has 29 heavy (non-hydrogen) atoms. The molecule has 5 rings (SSSR count). The number of fused-ring (bicyclic) bond motifs is 1. The zero-order valence-electron chi connectivity index (χ0n) is 14.9. The van der Waals surface area contributed by atoms with Crippen LogP contribution < -0.4 is 16.0 Å². The van der Waals surface area contributed by atoms with E-state index in [0.717, 1.165) is 21.7 Å². The largest absolute Gasteiger partial charge is 0.432 e. The SMILES string of the molecule is c1cnc(Nc2nc3ccccc3c(Nc3ncco3)c2Nc2nccs2)nc1. The Morgan fingerprint density at radius 3 is 2.48 bits per heavy atom. The summed E-state index contributed by atoms with van der Waals surface area (Å²) in [6, 6.07) is 9.91. The third kappa shape index (κ3) is 3.56. The summed E-state index contributed by atoms with van der Waals surface area (Å²) in [5, 5.41) is 13.3. The molecule has 0 bridgehead atoms. The minimum atomic E-state index is 0.366. The Kier molecular flexibility index (Phi) is 4.43. The van der Waals surface area contributed by atoms with Crippen LogP contribution in [0.4, 0.5) is 34.3 Å². The Labute approximate surface area is 168 Å². The van der Waals surface area contributed by atoms with Crippen molar-refractivity contribution in [1.82, 2.24) is 24.9 Å². The molecule has 0 radical (unpaired) electrons. The highest BCUT2D eigenvalue weighted by molar-refractivity contribution is 7.13. The van der Waals surface area contributed by atoms with Crippen LogP contribution in [-0.4, -0.2) is 24.9 Å². The van der Waals surface area contributed by atoms with Gasteiger partial charge in [0.05, 0.1) is 17.4 Å². The first kappa shape index (κ1) is 17.1. The molecule has 0 atom stereocenters. The first-order chi connectivity index (χ1) is 14.4. The van der Waals surface area contributed by atoms with Crippen molar-refractivity contribution in [3.8, 4) is 0 Å². The van der Waals surface area contributed by atoms with Gasteiger partial charge in [0.15, 0.2) is 10.9 Å². The van der Waals surface area contributed by atoms with Gasteiger partial charge in [0.25, 0.3) is 6.01 Å². The van der Waals surface area contributed by atoms with Crippen LogP contribution in [0.3, 0.4) is 0 Å². The second kappa shape index (κ2) is 7.52. The molecule has 0 aliphatic rings. The first-order valence-electron chi connectivity index (χ1n) is 8.66. The molecule has 1 aromatic carbocycles. The lowest BCUT2D eigenvalue weighted by Crippen LogP contribution is -2.06. The van der Waals surface area contributed by atoms with Gasteiger partial charge >= 0.3 is 0 Å². The summed E-state index contributed by atoms with van der Waals surface area (Å²) in [5.41, 5.74) is 2.20. The van der Waals surface area contributed by atoms with Gasteiger partial charge in [-0.15, -0.1) is 11.3 Å². The van der Waals surface area contributed by atoms with Crippen LogP contribution >= 0.6 is 11.3 Å². The van der Waals surface area contributed by atoms with Crippen LogP contribution in [0.1, 0.15) is 0 Å². The molecule has 0 fully saturated rings. The number of nitrogens with one attached hydrogen (secondary N) is 3. The quantitative estimate of drug-likeness (QED) is 0.372. The summed E-state index contributed by atoms with van der Waals surface area (Å²) >= 11 is 1.48. The lowest BCUT2D eigenvalue weighted by Gasteiger charge is -2.18. The number of oxazole rings is 1. The number of hydrogen-bond donors (Lipinski definition) is 3. The number of benzene rings is 1. The van der Waals surface area contributed by atoms with E-state index in [1.165, 1.54) is 17.6 Å². The topological polar surface area (TPSA) is 114 Å². The summed E-state index contributed by atoms with van der Waals surface area (Å²) in [7, 11) is 0. The van der Waals surface area contributed by atoms with E-state index < -0.39 is 0 Å². The van der Waals surface area contributed by atoms with E-state index in [1.54, 1.807) is 30.9 Å². The second-order valence-electron chi connectivity index (χ2n) is 5.85. The molecule has 4 aromatic heterocycles. The van der Waals surface area contributed by atoms with Gasteiger partial charge in [0, 0.05) is 29.4 Å². The van der Waals surface area contributed by atoms with Crippen molar-refractivity contribution in [1.29, 1.82) is 0 Å². The van der Waals surface area contributed by atoms with Gasteiger partial charge in [-0.25, -0.2) is 24.9 Å². The Morgan fingerprint density at radius 2 is 1.69 bits per heavy atom. The van der Waals surface area contributed by atoms with Gasteiger partial charge in [-0.1, -0.05) is 18.2 Å². The Hall–Kier alpha value is -4.05. The van der Waals surface area contributed by atoms with Crippen molar-refractivity contribution in [2.45, 2.75) is 0 Å². The van der Waals surface area contributed by atoms with Crippen molar-refractivity contribution in [2.24, 2.45) is 0 Å². The molecule has 0 unspecified atom stereocenters. The molecular formula is C19H14N8OS. The van der Waals surface area contributed by atoms with Crippen molar-refractivity contribution >= 4 is 56.5 Å². The number of thiazole rings is 1. The molecule has 3 N–H and O–H groups in total. The summed E-state index contributed by atoms with van der Waals surface area (Å²) in [5.74, 6) is 0.971. The number of nitrogens with zero attached hydrogens (tertiary/aromatic N) is 5. The fraction of sp³-hybridized carbons (Fsp3) is 0. The van der Waals surface area contributed by atoms with E-state index in [9.17, 15) is 0 Å². The van der Waals surface area contributed by atoms with Crippen molar-refractivity contribution in [2.75, 3.05) is 16.0 Å². The molecule has 0 spiro atoms. The van der Waals surface area contributed by atoms with Crippen molar-refractivity contribution in [3.63, 3.8) is 0 Å². The second-order valence-corrected chi connectivity index (χ2v) is 6.74. The number of anilines is 6. The predicted molar refractivity (Wildman–Crippen MR) is 112 cm³/mol. The van der Waals surface area contributed by atoms with Crippen LogP contribution in [0.25, 0.3) is 10.9 Å². The number of rotatable bonds is 6. The standard InChI is InChI=1S/C19H14N8OS/c1-2-5-13-12(4-1)14(25-18-22-8-10-28-18)15(26-19-23-9-11-29-19)16(24-13)27-17-20-6-3-7-21-17/h1-11H,(H,23,26)(H2,20,21,22,24,25,27). The highest BCUT2D eigenvalue weighted by Crippen LogP contribution is 2.40. The molecular weight excluding hydrogens is 388 g/mol. The molecule has 10 heteroatoms. The summed E-state index contributed by atoms with van der Waals surface area (Å²) in [6.07, 6.45) is 8.15. The fourth-order valence-corrected chi connectivity index (χ4v) is 3.34. The smallest absolute Gasteiger partial charge is 0.299 e. The van der Waals surface area contributed by atoms with Crippen LogP contribution in [0.2, 0.25) is 0 Å². The first-order valence-corrected chi connectivity index (χ1v) is 9.54. The van der Waals surface area contributed by atoms with E-state index in [1.807, 2.05) is 29.6 Å². The molecule has 4 heterocycles. The maximum Gasteiger partial charge on any atom is 0.299 e. The minimum absolute atomic E-state index is 0.366. The molecule has 0 saturated heterocycles. The van der Waals surface area contributed by atoms with Gasteiger partial charge in [-0.2, -0.15) is 0 Å². The number of aromatic nitrogens is 5. The maximum absolute atomic E-state index is 5.41. The van der Waals surface area contributed by atoms with E-state index in [4.69, 9.17) is 9.40 Å². The molecule has 142 valence electrons. The van der Waals surface area contributed by atoms with Crippen molar-refractivity contribution in [3.05, 3.63) is 66.8 Å². The lowest BCUT2D eigenvalue weighted by atomic mass is 10.1. The average molecular weight is 402 g/mol. The molecule has 0 saturated carbocycles. The molecule has 5 aromatic rings. The molecule has 0 aliphatic heterocycles. The normalized spacial score (nSPS) is 10.8. The summed E-state index contributed by atoms with van der Waals surface area (Å²) in [6.45, 7) is 0. The van der Waals surface area contributed by atoms with E-state index >= 15 is 0 Å². The highest BCUT2D eigenvalue weighted by atomic mass is 32.1. The monoisotopic (exact) mass is 402 g/mol. The van der Waals surface area contributed by atoms with Gasteiger partial charge < -0.3 is 20.4 Å². The third-order valence-corrected chi connectivity index (χ3v) is 4.71. The highest BCUT2D eigenvalue weighted by Gasteiger charge is 2.18. The van der Waals surface area contributed by atoms with Crippen LogP contribution in [-0.2, 0) is 0 Å². The van der Waals surface area contributed by atoms with Gasteiger partial charge in [-0.05, 0) is 12.1 Å².